The average molecular weight is 211 g/mol. The van der Waals surface area contributed by atoms with Crippen molar-refractivity contribution in [3.63, 3.8) is 0 Å². The molecule has 0 radical (unpaired) electrons. The highest BCUT2D eigenvalue weighted by molar-refractivity contribution is 6.61. The number of rotatable bonds is 1. The van der Waals surface area contributed by atoms with E-state index < -0.39 is 25.3 Å². The lowest BCUT2D eigenvalue weighted by atomic mass is 9.82. The Balaban J connectivity index is 2.23. The van der Waals surface area contributed by atoms with Crippen LogP contribution in [0.2, 0.25) is 0 Å². The Labute approximate surface area is 94.9 Å². The second kappa shape index (κ2) is 3.09. The topological polar surface area (TPSA) is 36.3 Å². The molecule has 1 aliphatic heterocycles. The molecule has 0 spiro atoms. The van der Waals surface area contributed by atoms with Crippen molar-refractivity contribution in [1.29, 1.82) is 0 Å². The molecule has 0 saturated carbocycles. The molecule has 82 valence electrons. The molecule has 1 aliphatic rings. The molecule has 5 heteroatoms. The van der Waals surface area contributed by atoms with Gasteiger partial charge < -0.3 is 9.31 Å². The van der Waals surface area contributed by atoms with E-state index >= 15 is 0 Å². The SMILES string of the molecule is [2H]C([2H])([2H])n1cc(B2OC(C)(C)C(C)(C)O2)cn1. The van der Waals surface area contributed by atoms with Crippen LogP contribution in [0, 0.1) is 0 Å². The lowest BCUT2D eigenvalue weighted by molar-refractivity contribution is 0.00578. The predicted octanol–water partition coefficient (Wildman–Crippen LogP) is 0.719. The smallest absolute Gasteiger partial charge is 0.399 e. The van der Waals surface area contributed by atoms with Gasteiger partial charge in [0.15, 0.2) is 0 Å². The molecule has 2 heterocycles. The lowest BCUT2D eigenvalue weighted by Crippen LogP contribution is -2.41. The summed E-state index contributed by atoms with van der Waals surface area (Å²) < 4.78 is 34.4. The molecule has 1 saturated heterocycles. The summed E-state index contributed by atoms with van der Waals surface area (Å²) in [6, 6.07) is 0. The van der Waals surface area contributed by atoms with E-state index in [9.17, 15) is 0 Å². The van der Waals surface area contributed by atoms with Crippen LogP contribution in [0.25, 0.3) is 0 Å². The number of nitrogens with zero attached hydrogens (tertiary/aromatic N) is 2. The van der Waals surface area contributed by atoms with Crippen LogP contribution in [-0.4, -0.2) is 28.1 Å². The predicted molar refractivity (Wildman–Crippen MR) is 58.9 cm³/mol. The summed E-state index contributed by atoms with van der Waals surface area (Å²) >= 11 is 0. The van der Waals surface area contributed by atoms with Crippen molar-refractivity contribution >= 4 is 12.6 Å². The molecule has 0 unspecified atom stereocenters. The van der Waals surface area contributed by atoms with E-state index in [4.69, 9.17) is 13.4 Å². The molecule has 0 N–H and O–H groups in total. The quantitative estimate of drug-likeness (QED) is 0.642. The lowest BCUT2D eigenvalue weighted by Gasteiger charge is -2.32. The van der Waals surface area contributed by atoms with Crippen LogP contribution >= 0.6 is 0 Å². The fraction of sp³-hybridized carbons (Fsp3) is 0.700. The van der Waals surface area contributed by atoms with Gasteiger partial charge in [-0.15, -0.1) is 0 Å². The first kappa shape index (κ1) is 7.47. The molecule has 4 nitrogen and oxygen atoms in total. The van der Waals surface area contributed by atoms with Crippen molar-refractivity contribution in [1.82, 2.24) is 9.78 Å². The molecule has 0 aromatic carbocycles. The standard InChI is InChI=1S/C10H17BN2O2/c1-9(2)10(3,4)15-11(14-9)8-6-12-13(5)7-8/h6-7H,1-5H3/i5D3. The van der Waals surface area contributed by atoms with Gasteiger partial charge in [-0.1, -0.05) is 0 Å². The molecule has 1 aromatic rings. The van der Waals surface area contributed by atoms with Gasteiger partial charge in [0.2, 0.25) is 0 Å². The van der Waals surface area contributed by atoms with Gasteiger partial charge in [-0.05, 0) is 27.7 Å². The van der Waals surface area contributed by atoms with E-state index in [1.807, 2.05) is 27.7 Å². The van der Waals surface area contributed by atoms with Crippen LogP contribution in [-0.2, 0) is 16.3 Å². The molecule has 2 rings (SSSR count). The van der Waals surface area contributed by atoms with Gasteiger partial charge >= 0.3 is 7.12 Å². The minimum absolute atomic E-state index is 0.445. The van der Waals surface area contributed by atoms with Crippen molar-refractivity contribution in [2.75, 3.05) is 0 Å². The van der Waals surface area contributed by atoms with E-state index in [2.05, 4.69) is 5.10 Å². The Morgan fingerprint density at radius 2 is 1.93 bits per heavy atom. The van der Waals surface area contributed by atoms with E-state index in [0.717, 1.165) is 4.68 Å². The summed E-state index contributed by atoms with van der Waals surface area (Å²) in [7, 11) is -0.578. The third-order valence-electron chi connectivity index (χ3n) is 3.13. The Bertz CT molecular complexity index is 440. The van der Waals surface area contributed by atoms with E-state index in [1.54, 1.807) is 0 Å². The summed E-state index contributed by atoms with van der Waals surface area (Å²) in [6.45, 7) is 5.51. The molecule has 1 fully saturated rings. The van der Waals surface area contributed by atoms with E-state index in [1.165, 1.54) is 12.4 Å². The molecule has 0 bridgehead atoms. The first-order valence-corrected chi connectivity index (χ1v) is 4.94. The van der Waals surface area contributed by atoms with Crippen molar-refractivity contribution in [3.8, 4) is 0 Å². The third-order valence-corrected chi connectivity index (χ3v) is 3.13. The summed E-state index contributed by atoms with van der Waals surface area (Å²) in [5.74, 6) is 0. The molecular weight excluding hydrogens is 191 g/mol. The fourth-order valence-electron chi connectivity index (χ4n) is 1.44. The van der Waals surface area contributed by atoms with Crippen LogP contribution in [0.3, 0.4) is 0 Å². The van der Waals surface area contributed by atoms with Gasteiger partial charge in [0.05, 0.1) is 11.2 Å². The first-order chi connectivity index (χ1) is 8.03. The first-order valence-electron chi connectivity index (χ1n) is 6.44. The third kappa shape index (κ3) is 1.70. The Kier molecular flexibility index (Phi) is 1.54. The highest BCUT2D eigenvalue weighted by atomic mass is 16.7. The number of hydrogen-bond donors (Lipinski definition) is 0. The molecule has 0 amide bonds. The zero-order valence-electron chi connectivity index (χ0n) is 12.4. The highest BCUT2D eigenvalue weighted by Crippen LogP contribution is 2.36. The highest BCUT2D eigenvalue weighted by Gasteiger charge is 2.52. The summed E-state index contributed by atoms with van der Waals surface area (Å²) in [6.07, 6.45) is 2.91. The maximum atomic E-state index is 7.27. The zero-order chi connectivity index (χ0) is 13.8. The summed E-state index contributed by atoms with van der Waals surface area (Å²) in [5.41, 5.74) is -0.274. The molecular formula is C10H17BN2O2. The van der Waals surface area contributed by atoms with Gasteiger partial charge in [-0.3, -0.25) is 4.68 Å². The van der Waals surface area contributed by atoms with Gasteiger partial charge in [0.25, 0.3) is 0 Å². The molecule has 0 aliphatic carbocycles. The maximum Gasteiger partial charge on any atom is 0.498 e. The maximum absolute atomic E-state index is 7.27. The Morgan fingerprint density at radius 3 is 2.40 bits per heavy atom. The summed E-state index contributed by atoms with van der Waals surface area (Å²) in [5, 5.41) is 3.82. The molecule has 1 aromatic heterocycles. The van der Waals surface area contributed by atoms with Crippen LogP contribution < -0.4 is 5.46 Å². The number of aromatic nitrogens is 2. The minimum atomic E-state index is -2.28. The van der Waals surface area contributed by atoms with Crippen LogP contribution in [0.15, 0.2) is 12.4 Å². The molecule has 15 heavy (non-hydrogen) atoms. The van der Waals surface area contributed by atoms with E-state index in [-0.39, 0.29) is 0 Å². The number of aryl methyl sites for hydroxylation is 1. The second-order valence-electron chi connectivity index (χ2n) is 4.81. The van der Waals surface area contributed by atoms with Crippen LogP contribution in [0.4, 0.5) is 0 Å². The van der Waals surface area contributed by atoms with Gasteiger partial charge in [-0.2, -0.15) is 5.10 Å². The second-order valence-corrected chi connectivity index (χ2v) is 4.81. The van der Waals surface area contributed by atoms with Crippen molar-refractivity contribution in [2.45, 2.75) is 38.9 Å². The van der Waals surface area contributed by atoms with Crippen molar-refractivity contribution in [3.05, 3.63) is 12.4 Å². The van der Waals surface area contributed by atoms with Gasteiger partial charge in [0.1, 0.15) is 0 Å². The monoisotopic (exact) mass is 211 g/mol. The molecule has 0 atom stereocenters. The van der Waals surface area contributed by atoms with Crippen LogP contribution in [0.1, 0.15) is 31.8 Å². The van der Waals surface area contributed by atoms with Crippen molar-refractivity contribution in [2.24, 2.45) is 6.98 Å². The normalized spacial score (nSPS) is 27.2. The Hall–Kier alpha value is -0.805. The Morgan fingerprint density at radius 1 is 1.33 bits per heavy atom. The van der Waals surface area contributed by atoms with Crippen molar-refractivity contribution < 1.29 is 13.4 Å². The minimum Gasteiger partial charge on any atom is -0.399 e. The summed E-state index contributed by atoms with van der Waals surface area (Å²) in [4.78, 5) is 0. The van der Waals surface area contributed by atoms with E-state index in [0.29, 0.717) is 5.46 Å². The van der Waals surface area contributed by atoms with Gasteiger partial charge in [0, 0.05) is 28.9 Å². The van der Waals surface area contributed by atoms with Gasteiger partial charge in [-0.25, -0.2) is 0 Å². The largest absolute Gasteiger partial charge is 0.498 e. The van der Waals surface area contributed by atoms with Crippen LogP contribution in [0.5, 0.6) is 0 Å². The zero-order valence-corrected chi connectivity index (χ0v) is 9.44. The fourth-order valence-corrected chi connectivity index (χ4v) is 1.44. The average Bonchev–Trinajstić information content (AvgIpc) is 2.69. The number of hydrogen-bond acceptors (Lipinski definition) is 3.